The van der Waals surface area contributed by atoms with Crippen LogP contribution in [0.3, 0.4) is 0 Å². The summed E-state index contributed by atoms with van der Waals surface area (Å²) in [6.07, 6.45) is 2.95. The molecule has 1 aromatic heterocycles. The summed E-state index contributed by atoms with van der Waals surface area (Å²) < 4.78 is 55.9. The second kappa shape index (κ2) is 10.7. The number of nitrogens with one attached hydrogen (secondary N) is 1. The van der Waals surface area contributed by atoms with Gasteiger partial charge in [-0.25, -0.2) is 32.3 Å². The number of fused-ring (bicyclic) bond motifs is 1. The van der Waals surface area contributed by atoms with Gasteiger partial charge in [0.1, 0.15) is 23.3 Å². The van der Waals surface area contributed by atoms with Gasteiger partial charge in [0.15, 0.2) is 0 Å². The average Bonchev–Trinajstić information content (AvgIpc) is 2.91. The summed E-state index contributed by atoms with van der Waals surface area (Å²) in [4.78, 5) is 37.3. The minimum atomic E-state index is -1.14. The smallest absolute Gasteiger partial charge is 0.332 e. The fourth-order valence-electron chi connectivity index (χ4n) is 4.17. The van der Waals surface area contributed by atoms with Gasteiger partial charge in [-0.1, -0.05) is 23.7 Å². The van der Waals surface area contributed by atoms with Gasteiger partial charge in [-0.3, -0.25) is 14.6 Å². The summed E-state index contributed by atoms with van der Waals surface area (Å²) in [5.74, 6) is -4.55. The van der Waals surface area contributed by atoms with Crippen LogP contribution in [0, 0.1) is 23.3 Å². The first-order valence-electron chi connectivity index (χ1n) is 11.6. The number of nitrogens with zero attached hydrogens (tertiary/aromatic N) is 4. The maximum Gasteiger partial charge on any atom is 0.332 e. The third-order valence-electron chi connectivity index (χ3n) is 6.13. The van der Waals surface area contributed by atoms with Gasteiger partial charge in [-0.15, -0.1) is 0 Å². The lowest BCUT2D eigenvalue weighted by atomic mass is 10.0. The Morgan fingerprint density at radius 3 is 2.33 bits per heavy atom. The number of benzene rings is 3. The number of halogens is 5. The summed E-state index contributed by atoms with van der Waals surface area (Å²) in [5.41, 5.74) is 0.525. The van der Waals surface area contributed by atoms with Crippen LogP contribution >= 0.6 is 11.6 Å². The van der Waals surface area contributed by atoms with Gasteiger partial charge in [0.05, 0.1) is 18.8 Å². The Kier molecular flexibility index (Phi) is 7.16. The van der Waals surface area contributed by atoms with Gasteiger partial charge in [-0.05, 0) is 35.9 Å². The van der Waals surface area contributed by atoms with E-state index in [1.165, 1.54) is 52.5 Å². The number of hydrogen-bond acceptors (Lipinski definition) is 4. The molecule has 0 saturated heterocycles. The molecule has 198 valence electrons. The van der Waals surface area contributed by atoms with Crippen LogP contribution < -0.4 is 15.1 Å². The van der Waals surface area contributed by atoms with Gasteiger partial charge in [0.2, 0.25) is 5.95 Å². The van der Waals surface area contributed by atoms with Crippen LogP contribution in [-0.4, -0.2) is 21.9 Å². The van der Waals surface area contributed by atoms with E-state index in [0.717, 1.165) is 0 Å². The number of aromatic nitrogens is 2. The normalized spacial score (nSPS) is 12.9. The van der Waals surface area contributed by atoms with Crippen LogP contribution in [0.15, 0.2) is 67.0 Å². The highest BCUT2D eigenvalue weighted by Crippen LogP contribution is 2.34. The molecule has 12 heteroatoms. The molecule has 2 heterocycles. The summed E-state index contributed by atoms with van der Waals surface area (Å²) in [5, 5.41) is 2.50. The van der Waals surface area contributed by atoms with E-state index in [1.54, 1.807) is 12.1 Å². The first-order chi connectivity index (χ1) is 18.7. The standard InChI is InChI=1S/C27H18ClF4N5O2/c28-20-3-1-4-21(30)19(20)14-36-24-9-15(25(38)35-12-18-22(31)10-17(29)11-23(18)32)5-6-16(24)13-37(27(36)39)26-33-7-2-8-34-26/h1-11H,12-14H2,(H,35,38). The molecule has 0 saturated carbocycles. The van der Waals surface area contributed by atoms with E-state index >= 15 is 0 Å². The molecular weight excluding hydrogens is 538 g/mol. The first-order valence-corrected chi connectivity index (χ1v) is 11.9. The van der Waals surface area contributed by atoms with E-state index in [1.807, 2.05) is 0 Å². The highest BCUT2D eigenvalue weighted by molar-refractivity contribution is 6.31. The van der Waals surface area contributed by atoms with E-state index in [4.69, 9.17) is 11.6 Å². The topological polar surface area (TPSA) is 78.4 Å². The van der Waals surface area contributed by atoms with Crippen molar-refractivity contribution >= 4 is 35.2 Å². The lowest BCUT2D eigenvalue weighted by Gasteiger charge is -2.36. The number of hydrogen-bond donors (Lipinski definition) is 1. The van der Waals surface area contributed by atoms with E-state index < -0.39 is 47.3 Å². The highest BCUT2D eigenvalue weighted by atomic mass is 35.5. The van der Waals surface area contributed by atoms with Crippen molar-refractivity contribution in [1.82, 2.24) is 15.3 Å². The van der Waals surface area contributed by atoms with Crippen LogP contribution in [0.4, 0.5) is 34.0 Å². The van der Waals surface area contributed by atoms with Crippen molar-refractivity contribution in [3.8, 4) is 0 Å². The van der Waals surface area contributed by atoms with Crippen molar-refractivity contribution in [2.75, 3.05) is 9.80 Å². The molecule has 0 aliphatic carbocycles. The van der Waals surface area contributed by atoms with E-state index in [9.17, 15) is 27.2 Å². The maximum absolute atomic E-state index is 14.7. The SMILES string of the molecule is O=C(NCc1c(F)cc(F)cc1F)c1ccc2c(c1)N(Cc1c(F)cccc1Cl)C(=O)N(c1ncccn1)C2. The van der Waals surface area contributed by atoms with Crippen molar-refractivity contribution in [3.63, 3.8) is 0 Å². The summed E-state index contributed by atoms with van der Waals surface area (Å²) in [7, 11) is 0. The Morgan fingerprint density at radius 2 is 1.64 bits per heavy atom. The van der Waals surface area contributed by atoms with Crippen LogP contribution in [0.1, 0.15) is 27.0 Å². The highest BCUT2D eigenvalue weighted by Gasteiger charge is 2.34. The summed E-state index contributed by atoms with van der Waals surface area (Å²) in [6, 6.07) is 10.7. The van der Waals surface area contributed by atoms with E-state index in [-0.39, 0.29) is 35.2 Å². The van der Waals surface area contributed by atoms with Crippen LogP contribution in [0.25, 0.3) is 0 Å². The molecule has 1 aliphatic rings. The Bertz CT molecular complexity index is 1540. The first kappa shape index (κ1) is 26.1. The van der Waals surface area contributed by atoms with Gasteiger partial charge in [0.25, 0.3) is 5.91 Å². The zero-order valence-electron chi connectivity index (χ0n) is 20.0. The Balaban J connectivity index is 1.48. The number of rotatable bonds is 6. The minimum Gasteiger partial charge on any atom is -0.348 e. The molecule has 7 nitrogen and oxygen atoms in total. The van der Waals surface area contributed by atoms with Crippen molar-refractivity contribution in [2.45, 2.75) is 19.6 Å². The summed E-state index contributed by atoms with van der Waals surface area (Å²) >= 11 is 6.23. The van der Waals surface area contributed by atoms with E-state index in [2.05, 4.69) is 15.3 Å². The molecule has 5 rings (SSSR count). The number of urea groups is 1. The molecule has 1 aliphatic heterocycles. The van der Waals surface area contributed by atoms with Crippen molar-refractivity contribution in [3.05, 3.63) is 118 Å². The number of carbonyl (C=O) groups is 2. The third kappa shape index (κ3) is 5.26. The van der Waals surface area contributed by atoms with Gasteiger partial charge in [-0.2, -0.15) is 0 Å². The van der Waals surface area contributed by atoms with Crippen molar-refractivity contribution in [1.29, 1.82) is 0 Å². The predicted molar refractivity (Wildman–Crippen MR) is 135 cm³/mol. The van der Waals surface area contributed by atoms with Crippen LogP contribution in [0.5, 0.6) is 0 Å². The zero-order chi connectivity index (χ0) is 27.7. The molecule has 0 radical (unpaired) electrons. The molecule has 39 heavy (non-hydrogen) atoms. The average molecular weight is 556 g/mol. The van der Waals surface area contributed by atoms with Crippen molar-refractivity contribution < 1.29 is 27.2 Å². The van der Waals surface area contributed by atoms with Crippen LogP contribution in [0.2, 0.25) is 5.02 Å². The molecule has 0 fully saturated rings. The molecule has 0 atom stereocenters. The van der Waals surface area contributed by atoms with Gasteiger partial charge in [0, 0.05) is 52.8 Å². The fourth-order valence-corrected chi connectivity index (χ4v) is 4.39. The zero-order valence-corrected chi connectivity index (χ0v) is 20.7. The number of carbonyl (C=O) groups excluding carboxylic acids is 2. The minimum absolute atomic E-state index is 0.0615. The quantitative estimate of drug-likeness (QED) is 0.307. The van der Waals surface area contributed by atoms with Crippen molar-refractivity contribution in [2.24, 2.45) is 0 Å². The molecule has 3 amide bonds. The predicted octanol–water partition coefficient (Wildman–Crippen LogP) is 5.76. The molecule has 1 N–H and O–H groups in total. The second-order valence-electron chi connectivity index (χ2n) is 8.58. The van der Waals surface area contributed by atoms with Crippen LogP contribution in [-0.2, 0) is 19.6 Å². The molecule has 3 aromatic carbocycles. The third-order valence-corrected chi connectivity index (χ3v) is 6.49. The molecular formula is C27H18ClF4N5O2. The largest absolute Gasteiger partial charge is 0.348 e. The van der Waals surface area contributed by atoms with Gasteiger partial charge >= 0.3 is 6.03 Å². The Hall–Kier alpha value is -4.51. The lowest BCUT2D eigenvalue weighted by molar-refractivity contribution is 0.0950. The maximum atomic E-state index is 14.7. The van der Waals surface area contributed by atoms with Gasteiger partial charge < -0.3 is 5.32 Å². The lowest BCUT2D eigenvalue weighted by Crippen LogP contribution is -2.48. The second-order valence-corrected chi connectivity index (χ2v) is 8.99. The fraction of sp³-hybridized carbons (Fsp3) is 0.111. The number of amides is 3. The molecule has 0 bridgehead atoms. The summed E-state index contributed by atoms with van der Waals surface area (Å²) in [6.45, 7) is -0.744. The van der Waals surface area contributed by atoms with E-state index in [0.29, 0.717) is 23.4 Å². The Morgan fingerprint density at radius 1 is 0.923 bits per heavy atom. The molecule has 0 spiro atoms. The Labute approximate surface area is 224 Å². The molecule has 0 unspecified atom stereocenters. The number of anilines is 2. The molecule has 4 aromatic rings. The monoisotopic (exact) mass is 555 g/mol.